The summed E-state index contributed by atoms with van der Waals surface area (Å²) in [4.78, 5) is 70.6. The number of nitrogen functional groups attached to an aromatic ring is 1. The number of benzene rings is 2. The van der Waals surface area contributed by atoms with Crippen molar-refractivity contribution in [3.63, 3.8) is 0 Å². The smallest absolute Gasteiger partial charge is 0.271 e. The van der Waals surface area contributed by atoms with Crippen LogP contribution in [0.15, 0.2) is 58.4 Å². The molecule has 3 aromatic carbocycles. The molecule has 0 aliphatic heterocycles. The molecular formula is C30H23FN12O5. The number of nitrogens with zero attached hydrogens (tertiary/aromatic N) is 6. The van der Waals surface area contributed by atoms with Gasteiger partial charge in [-0.05, 0) is 59.0 Å². The molecule has 0 saturated heterocycles. The van der Waals surface area contributed by atoms with Crippen molar-refractivity contribution in [1.82, 2.24) is 45.6 Å². The number of primary amides is 1. The van der Waals surface area contributed by atoms with E-state index in [9.17, 15) is 28.4 Å². The van der Waals surface area contributed by atoms with Crippen molar-refractivity contribution in [2.75, 3.05) is 11.1 Å². The molecular weight excluding hydrogens is 627 g/mol. The number of halogens is 1. The number of nitrogens with two attached hydrogens (primary N) is 2. The van der Waals surface area contributed by atoms with Gasteiger partial charge in [0.2, 0.25) is 5.82 Å². The fourth-order valence-electron chi connectivity index (χ4n) is 5.58. The van der Waals surface area contributed by atoms with Crippen LogP contribution in [-0.2, 0) is 13.0 Å². The third-order valence-corrected chi connectivity index (χ3v) is 8.02. The molecule has 1 aliphatic carbocycles. The molecule has 17 nitrogen and oxygen atoms in total. The van der Waals surface area contributed by atoms with Crippen LogP contribution >= 0.6 is 0 Å². The van der Waals surface area contributed by atoms with E-state index in [0.29, 0.717) is 24.2 Å². The van der Waals surface area contributed by atoms with E-state index in [0.717, 1.165) is 22.8 Å². The van der Waals surface area contributed by atoms with Crippen LogP contribution in [0, 0.1) is 5.82 Å². The van der Waals surface area contributed by atoms with Crippen LogP contribution in [0.5, 0.6) is 0 Å². The Morgan fingerprint density at radius 2 is 1.90 bits per heavy atom. The lowest BCUT2D eigenvalue weighted by molar-refractivity contribution is 0.0929. The van der Waals surface area contributed by atoms with Crippen LogP contribution in [0.3, 0.4) is 0 Å². The first-order chi connectivity index (χ1) is 23.1. The molecule has 18 heteroatoms. The predicted molar refractivity (Wildman–Crippen MR) is 166 cm³/mol. The molecule has 240 valence electrons. The maximum atomic E-state index is 14.5. The summed E-state index contributed by atoms with van der Waals surface area (Å²) in [5.41, 5.74) is 11.1. The van der Waals surface area contributed by atoms with Crippen molar-refractivity contribution in [1.29, 1.82) is 0 Å². The minimum Gasteiger partial charge on any atom is -0.394 e. The van der Waals surface area contributed by atoms with E-state index >= 15 is 0 Å². The van der Waals surface area contributed by atoms with E-state index in [1.165, 1.54) is 28.9 Å². The monoisotopic (exact) mass is 650 g/mol. The number of tetrazole rings is 1. The van der Waals surface area contributed by atoms with E-state index < -0.39 is 34.4 Å². The number of anilines is 3. The summed E-state index contributed by atoms with van der Waals surface area (Å²) in [6.45, 7) is -0.122. The molecule has 48 heavy (non-hydrogen) atoms. The van der Waals surface area contributed by atoms with Crippen molar-refractivity contribution < 1.29 is 18.8 Å². The summed E-state index contributed by atoms with van der Waals surface area (Å²) in [7, 11) is 0. The second-order valence-electron chi connectivity index (χ2n) is 11.0. The zero-order valence-corrected chi connectivity index (χ0v) is 24.6. The summed E-state index contributed by atoms with van der Waals surface area (Å²) < 4.78 is 15.7. The molecule has 1 atom stereocenters. The molecule has 0 radical (unpaired) electrons. The van der Waals surface area contributed by atoms with Crippen LogP contribution in [0.2, 0.25) is 0 Å². The number of carbonyl (C=O) groups is 3. The number of hydrogen-bond acceptors (Lipinski definition) is 12. The first-order valence-corrected chi connectivity index (χ1v) is 14.4. The highest BCUT2D eigenvalue weighted by Gasteiger charge is 2.28. The topological polar surface area (TPSA) is 258 Å². The van der Waals surface area contributed by atoms with Crippen LogP contribution in [0.1, 0.15) is 60.6 Å². The maximum absolute atomic E-state index is 14.5. The van der Waals surface area contributed by atoms with Crippen molar-refractivity contribution in [2.45, 2.75) is 25.4 Å². The highest BCUT2D eigenvalue weighted by Crippen LogP contribution is 2.33. The number of rotatable bonds is 9. The first-order valence-electron chi connectivity index (χ1n) is 14.4. The number of aryl methyl sites for hydroxylation is 1. The normalized spacial score (nSPS) is 13.8. The van der Waals surface area contributed by atoms with Crippen LogP contribution in [0.4, 0.5) is 21.5 Å². The molecule has 0 bridgehead atoms. The van der Waals surface area contributed by atoms with Gasteiger partial charge in [-0.15, -0.1) is 10.2 Å². The van der Waals surface area contributed by atoms with Crippen molar-refractivity contribution in [2.24, 2.45) is 5.73 Å². The third kappa shape index (κ3) is 5.15. The maximum Gasteiger partial charge on any atom is 0.271 e. The number of imidazole rings is 1. The van der Waals surface area contributed by atoms with Gasteiger partial charge in [0.1, 0.15) is 34.9 Å². The van der Waals surface area contributed by atoms with Gasteiger partial charge in [0.05, 0.1) is 11.7 Å². The number of hydrogen-bond donors (Lipinski definition) is 6. The van der Waals surface area contributed by atoms with E-state index in [4.69, 9.17) is 11.5 Å². The van der Waals surface area contributed by atoms with Gasteiger partial charge in [0.15, 0.2) is 11.3 Å². The standard InChI is InChI=1S/C30H23FN12O5/c31-16-5-1-12(7-18(16)36-22-21(32)24(44)25(22)45)10-34-30(48)20-9-19(37-28-23(26(33)46)35-11-43(20)28)29(47)38-17-6-3-13-8-14(2-4-15(13)17)27-39-41-42-40-27/h1-2,4-5,7-9,11,17,36H,3,6,10,32H2,(H2,33,46)(H,34,48)(H,38,47)(H,39,40,41,42)/t17-/m0/s1. The Kier molecular flexibility index (Phi) is 7.15. The molecule has 6 aromatic rings. The Balaban J connectivity index is 1.13. The average Bonchev–Trinajstić information content (AvgIpc) is 3.86. The lowest BCUT2D eigenvalue weighted by atomic mass is 10.0. The molecule has 3 amide bonds. The van der Waals surface area contributed by atoms with E-state index in [-0.39, 0.29) is 52.4 Å². The van der Waals surface area contributed by atoms with Crippen LogP contribution < -0.4 is 38.3 Å². The van der Waals surface area contributed by atoms with Crippen LogP contribution in [-0.4, -0.2) is 52.7 Å². The fraction of sp³-hybridized carbons (Fsp3) is 0.133. The lowest BCUT2D eigenvalue weighted by Gasteiger charge is -2.15. The molecule has 8 N–H and O–H groups in total. The van der Waals surface area contributed by atoms with E-state index in [1.807, 2.05) is 18.2 Å². The first kappa shape index (κ1) is 29.8. The molecule has 3 heterocycles. The van der Waals surface area contributed by atoms with Crippen LogP contribution in [0.25, 0.3) is 17.0 Å². The molecule has 1 aliphatic rings. The second-order valence-corrected chi connectivity index (χ2v) is 11.0. The number of H-pyrrole nitrogens is 1. The lowest BCUT2D eigenvalue weighted by Crippen LogP contribution is -2.36. The van der Waals surface area contributed by atoms with Crippen molar-refractivity contribution in [3.05, 3.63) is 109 Å². The summed E-state index contributed by atoms with van der Waals surface area (Å²) in [5.74, 6) is -2.48. The average molecular weight is 651 g/mol. The number of nitrogens with one attached hydrogen (secondary N) is 4. The zero-order chi connectivity index (χ0) is 33.7. The largest absolute Gasteiger partial charge is 0.394 e. The number of fused-ring (bicyclic) bond motifs is 2. The van der Waals surface area contributed by atoms with Gasteiger partial charge in [0, 0.05) is 12.1 Å². The molecule has 0 fully saturated rings. The van der Waals surface area contributed by atoms with Gasteiger partial charge in [0.25, 0.3) is 28.6 Å². The molecule has 3 aromatic heterocycles. The van der Waals surface area contributed by atoms with E-state index in [1.54, 1.807) is 0 Å². The number of amides is 3. The summed E-state index contributed by atoms with van der Waals surface area (Å²) in [5, 5.41) is 22.1. The summed E-state index contributed by atoms with van der Waals surface area (Å²) in [6.07, 6.45) is 2.47. The fourth-order valence-corrected chi connectivity index (χ4v) is 5.58. The highest BCUT2D eigenvalue weighted by atomic mass is 19.1. The Labute approximate surface area is 267 Å². The SMILES string of the molecule is NC(=O)c1ncn2c(C(=O)NCc3ccc(F)c(Nc4c(N)c(=O)c4=O)c3)cc(C(=O)N[C@H]3CCc4cc(-c5nn[nH]n5)ccc43)nc12. The molecule has 0 unspecified atom stereocenters. The predicted octanol–water partition coefficient (Wildman–Crippen LogP) is 0.417. The minimum atomic E-state index is -0.912. The molecule has 7 rings (SSSR count). The number of aromatic amines is 1. The zero-order valence-electron chi connectivity index (χ0n) is 24.6. The highest BCUT2D eigenvalue weighted by molar-refractivity contribution is 6.01. The summed E-state index contributed by atoms with van der Waals surface area (Å²) >= 11 is 0. The van der Waals surface area contributed by atoms with Gasteiger partial charge in [-0.2, -0.15) is 5.21 Å². The molecule has 0 saturated carbocycles. The van der Waals surface area contributed by atoms with Crippen molar-refractivity contribution >= 4 is 40.4 Å². The van der Waals surface area contributed by atoms with Gasteiger partial charge < -0.3 is 27.4 Å². The third-order valence-electron chi connectivity index (χ3n) is 8.02. The van der Waals surface area contributed by atoms with E-state index in [2.05, 4.69) is 46.5 Å². The van der Waals surface area contributed by atoms with Gasteiger partial charge in [-0.25, -0.2) is 14.4 Å². The van der Waals surface area contributed by atoms with Crippen molar-refractivity contribution in [3.8, 4) is 11.4 Å². The molecule has 0 spiro atoms. The Hall–Kier alpha value is -6.85. The number of aromatic nitrogens is 7. The Bertz CT molecular complexity index is 2360. The minimum absolute atomic E-state index is 0.0845. The quantitative estimate of drug-likeness (QED) is 0.116. The van der Waals surface area contributed by atoms with Gasteiger partial charge >= 0.3 is 0 Å². The summed E-state index contributed by atoms with van der Waals surface area (Å²) in [6, 6.07) is 10.4. The Morgan fingerprint density at radius 3 is 2.65 bits per heavy atom. The van der Waals surface area contributed by atoms with Gasteiger partial charge in [-0.3, -0.25) is 28.4 Å². The van der Waals surface area contributed by atoms with Gasteiger partial charge in [-0.1, -0.05) is 18.2 Å². The number of carbonyl (C=O) groups excluding carboxylic acids is 3. The second kappa shape index (κ2) is 11.5. The Morgan fingerprint density at radius 1 is 1.06 bits per heavy atom.